The molecule has 0 spiro atoms. The molecule has 0 bridgehead atoms. The molecule has 228 valence electrons. The summed E-state index contributed by atoms with van der Waals surface area (Å²) in [6.45, 7) is 3.21. The van der Waals surface area contributed by atoms with Crippen molar-refractivity contribution < 1.29 is 23.9 Å². The molecule has 3 aromatic rings. The highest BCUT2D eigenvalue weighted by Gasteiger charge is 2.31. The summed E-state index contributed by atoms with van der Waals surface area (Å²) >= 11 is 0. The third-order valence-corrected chi connectivity index (χ3v) is 7.58. The zero-order chi connectivity index (χ0) is 29.5. The molecule has 11 nitrogen and oxygen atoms in total. The zero-order valence-corrected chi connectivity index (χ0v) is 24.9. The molecular formula is C30H40ClN5O6. The standard InChI is InChI=1S/C30H39N5O6.ClH/c1-19(23(31)12-14-26(32)36)41-17-21-10-8-20(9-11-21)5-4-16-40-18-22-6-3-7-24-28(22)34(2)30(39)35(24)25-13-15-27(37)33-29(25)38;/h3,6-11,19,23,25H,4-5,12-18,31H2,1-2H3,(H2,32,36)(H,33,37,38);1H/t19-,23+,25?;/m1./s1. The van der Waals surface area contributed by atoms with Gasteiger partial charge in [-0.05, 0) is 49.8 Å². The number of halogens is 1. The summed E-state index contributed by atoms with van der Waals surface area (Å²) < 4.78 is 14.8. The number of hydrogen-bond donors (Lipinski definition) is 3. The van der Waals surface area contributed by atoms with E-state index < -0.39 is 11.9 Å². The number of primary amides is 1. The van der Waals surface area contributed by atoms with E-state index in [1.807, 2.05) is 37.3 Å². The van der Waals surface area contributed by atoms with Gasteiger partial charge in [0.05, 0.1) is 30.4 Å². The van der Waals surface area contributed by atoms with E-state index >= 15 is 0 Å². The van der Waals surface area contributed by atoms with Crippen LogP contribution in [0.3, 0.4) is 0 Å². The fraction of sp³-hybridized carbons (Fsp3) is 0.467. The number of imidazole rings is 1. The molecule has 1 aliphatic rings. The van der Waals surface area contributed by atoms with Crippen LogP contribution in [0, 0.1) is 0 Å². The van der Waals surface area contributed by atoms with Crippen LogP contribution in [-0.2, 0) is 50.5 Å². The van der Waals surface area contributed by atoms with Crippen molar-refractivity contribution in [2.24, 2.45) is 18.5 Å². The molecule has 1 unspecified atom stereocenters. The van der Waals surface area contributed by atoms with Crippen LogP contribution in [0.2, 0.25) is 0 Å². The molecule has 0 radical (unpaired) electrons. The number of fused-ring (bicyclic) bond motifs is 1. The highest BCUT2D eigenvalue weighted by atomic mass is 35.5. The van der Waals surface area contributed by atoms with Crippen molar-refractivity contribution in [1.82, 2.24) is 14.5 Å². The van der Waals surface area contributed by atoms with Gasteiger partial charge in [-0.15, -0.1) is 12.4 Å². The fourth-order valence-corrected chi connectivity index (χ4v) is 5.12. The Morgan fingerprint density at radius 3 is 2.50 bits per heavy atom. The van der Waals surface area contributed by atoms with Crippen LogP contribution >= 0.6 is 12.4 Å². The molecule has 2 heterocycles. The number of aryl methyl sites for hydroxylation is 2. The summed E-state index contributed by atoms with van der Waals surface area (Å²) in [5.74, 6) is -1.13. The number of para-hydroxylation sites is 1. The number of nitrogens with two attached hydrogens (primary N) is 2. The number of nitrogens with zero attached hydrogens (tertiary/aromatic N) is 2. The molecule has 0 aliphatic carbocycles. The van der Waals surface area contributed by atoms with Gasteiger partial charge in [-0.2, -0.15) is 0 Å². The maximum atomic E-state index is 13.1. The molecule has 1 fully saturated rings. The van der Waals surface area contributed by atoms with Gasteiger partial charge in [-0.25, -0.2) is 4.79 Å². The number of ether oxygens (including phenoxy) is 2. The van der Waals surface area contributed by atoms with Crippen molar-refractivity contribution in [2.45, 2.75) is 76.9 Å². The van der Waals surface area contributed by atoms with E-state index in [0.29, 0.717) is 38.2 Å². The van der Waals surface area contributed by atoms with Gasteiger partial charge in [-0.1, -0.05) is 36.4 Å². The van der Waals surface area contributed by atoms with E-state index in [-0.39, 0.29) is 54.9 Å². The molecule has 1 aliphatic heterocycles. The number of piperidine rings is 1. The highest BCUT2D eigenvalue weighted by molar-refractivity contribution is 6.00. The van der Waals surface area contributed by atoms with Gasteiger partial charge < -0.3 is 20.9 Å². The summed E-state index contributed by atoms with van der Waals surface area (Å²) in [7, 11) is 1.68. The number of benzene rings is 2. The third kappa shape index (κ3) is 8.07. The Hall–Kier alpha value is -3.51. The van der Waals surface area contributed by atoms with Crippen molar-refractivity contribution >= 4 is 41.2 Å². The maximum Gasteiger partial charge on any atom is 0.329 e. The van der Waals surface area contributed by atoms with E-state index in [9.17, 15) is 19.2 Å². The van der Waals surface area contributed by atoms with Gasteiger partial charge in [0.25, 0.3) is 0 Å². The minimum absolute atomic E-state index is 0. The molecule has 1 saturated heterocycles. The predicted octanol–water partition coefficient (Wildman–Crippen LogP) is 2.39. The molecule has 4 rings (SSSR count). The van der Waals surface area contributed by atoms with Gasteiger partial charge in [0, 0.05) is 38.1 Å². The van der Waals surface area contributed by atoms with Crippen LogP contribution in [0.4, 0.5) is 0 Å². The number of rotatable bonds is 14. The number of nitrogens with one attached hydrogen (secondary N) is 1. The largest absolute Gasteiger partial charge is 0.377 e. The van der Waals surface area contributed by atoms with Crippen molar-refractivity contribution in [3.63, 3.8) is 0 Å². The van der Waals surface area contributed by atoms with E-state index in [0.717, 1.165) is 29.5 Å². The Kier molecular flexibility index (Phi) is 11.9. The molecule has 0 saturated carbocycles. The second kappa shape index (κ2) is 15.1. The quantitative estimate of drug-likeness (QED) is 0.189. The Bertz CT molecular complexity index is 1450. The molecule has 5 N–H and O–H groups in total. The zero-order valence-electron chi connectivity index (χ0n) is 24.0. The van der Waals surface area contributed by atoms with Gasteiger partial charge in [0.15, 0.2) is 0 Å². The Labute approximate surface area is 250 Å². The molecular weight excluding hydrogens is 562 g/mol. The SMILES string of the molecule is C[C@@H](OCc1ccc(CCCOCc2cccc3c2n(C)c(=O)n3C2CCC(=O)NC2=O)cc1)[C@@H](N)CCC(N)=O.Cl. The third-order valence-electron chi connectivity index (χ3n) is 7.58. The minimum Gasteiger partial charge on any atom is -0.377 e. The summed E-state index contributed by atoms with van der Waals surface area (Å²) in [4.78, 5) is 48.0. The first-order valence-electron chi connectivity index (χ1n) is 14.0. The normalized spacial score (nSPS) is 16.6. The van der Waals surface area contributed by atoms with Crippen LogP contribution < -0.4 is 22.5 Å². The Morgan fingerprint density at radius 2 is 1.81 bits per heavy atom. The number of hydrogen-bond acceptors (Lipinski definition) is 7. The topological polar surface area (TPSA) is 161 Å². The minimum atomic E-state index is -0.715. The lowest BCUT2D eigenvalue weighted by Crippen LogP contribution is -2.44. The number of imide groups is 1. The van der Waals surface area contributed by atoms with Crippen LogP contribution in [0.5, 0.6) is 0 Å². The van der Waals surface area contributed by atoms with Crippen LogP contribution in [0.1, 0.15) is 61.8 Å². The van der Waals surface area contributed by atoms with E-state index in [2.05, 4.69) is 17.4 Å². The van der Waals surface area contributed by atoms with Gasteiger partial charge in [0.1, 0.15) is 6.04 Å². The average Bonchev–Trinajstić information content (AvgIpc) is 3.20. The van der Waals surface area contributed by atoms with Gasteiger partial charge in [-0.3, -0.25) is 28.8 Å². The lowest BCUT2D eigenvalue weighted by atomic mass is 10.1. The average molecular weight is 602 g/mol. The van der Waals surface area contributed by atoms with Crippen LogP contribution in [0.25, 0.3) is 11.0 Å². The summed E-state index contributed by atoms with van der Waals surface area (Å²) in [6.07, 6.45) is 2.74. The van der Waals surface area contributed by atoms with E-state index in [1.54, 1.807) is 11.6 Å². The van der Waals surface area contributed by atoms with Gasteiger partial charge >= 0.3 is 5.69 Å². The second-order valence-corrected chi connectivity index (χ2v) is 10.6. The van der Waals surface area contributed by atoms with E-state index in [1.165, 1.54) is 10.1 Å². The van der Waals surface area contributed by atoms with E-state index in [4.69, 9.17) is 20.9 Å². The molecule has 3 amide bonds. The van der Waals surface area contributed by atoms with Crippen molar-refractivity contribution in [1.29, 1.82) is 0 Å². The predicted molar refractivity (Wildman–Crippen MR) is 161 cm³/mol. The smallest absolute Gasteiger partial charge is 0.329 e. The lowest BCUT2D eigenvalue weighted by Gasteiger charge is -2.21. The number of amides is 3. The molecule has 2 aromatic carbocycles. The van der Waals surface area contributed by atoms with Crippen molar-refractivity contribution in [2.75, 3.05) is 6.61 Å². The number of aromatic nitrogens is 2. The molecule has 3 atom stereocenters. The van der Waals surface area contributed by atoms with Crippen molar-refractivity contribution in [3.8, 4) is 0 Å². The number of carbonyl (C=O) groups is 3. The Balaban J connectivity index is 0.00000484. The first-order valence-corrected chi connectivity index (χ1v) is 14.0. The molecule has 12 heteroatoms. The Morgan fingerprint density at radius 1 is 1.10 bits per heavy atom. The summed E-state index contributed by atoms with van der Waals surface area (Å²) in [6, 6.07) is 12.8. The lowest BCUT2D eigenvalue weighted by molar-refractivity contribution is -0.135. The molecule has 42 heavy (non-hydrogen) atoms. The maximum absolute atomic E-state index is 13.1. The molecule has 1 aromatic heterocycles. The highest BCUT2D eigenvalue weighted by Crippen LogP contribution is 2.25. The first kappa shape index (κ1) is 33.0. The van der Waals surface area contributed by atoms with Crippen LogP contribution in [-0.4, -0.2) is 45.6 Å². The van der Waals surface area contributed by atoms with Gasteiger partial charge in [0.2, 0.25) is 17.7 Å². The summed E-state index contributed by atoms with van der Waals surface area (Å²) in [5, 5.41) is 2.34. The second-order valence-electron chi connectivity index (χ2n) is 10.6. The summed E-state index contributed by atoms with van der Waals surface area (Å²) in [5.41, 5.74) is 15.4. The number of carbonyl (C=O) groups excluding carboxylic acids is 3. The monoisotopic (exact) mass is 601 g/mol. The van der Waals surface area contributed by atoms with Crippen molar-refractivity contribution in [3.05, 3.63) is 69.6 Å². The first-order chi connectivity index (χ1) is 19.7. The van der Waals surface area contributed by atoms with Crippen LogP contribution in [0.15, 0.2) is 47.3 Å². The fourth-order valence-electron chi connectivity index (χ4n) is 5.12.